The van der Waals surface area contributed by atoms with Crippen molar-refractivity contribution >= 4 is 62.3 Å². The molecule has 6 aromatic rings. The number of ether oxygens (including phenoxy) is 2. The monoisotopic (exact) mass is 700 g/mol. The van der Waals surface area contributed by atoms with Crippen molar-refractivity contribution in [1.82, 2.24) is 9.66 Å². The largest absolute Gasteiger partial charge is 0.490 e. The Kier molecular flexibility index (Phi) is 8.13. The van der Waals surface area contributed by atoms with Gasteiger partial charge in [0.1, 0.15) is 12.2 Å². The maximum absolute atomic E-state index is 13.7. The van der Waals surface area contributed by atoms with Crippen molar-refractivity contribution in [3.8, 4) is 29.2 Å². The summed E-state index contributed by atoms with van der Waals surface area (Å²) in [5.41, 5.74) is 2.81. The second-order valence-electron chi connectivity index (χ2n) is 9.43. The Bertz CT molecular complexity index is 2130. The van der Waals surface area contributed by atoms with Crippen molar-refractivity contribution < 1.29 is 13.9 Å². The molecule has 8 nitrogen and oxygen atoms in total. The van der Waals surface area contributed by atoms with Crippen LogP contribution in [0.2, 0.25) is 5.02 Å². The Balaban J connectivity index is 1.40. The number of para-hydroxylation sites is 1. The highest BCUT2D eigenvalue weighted by Gasteiger charge is 2.18. The summed E-state index contributed by atoms with van der Waals surface area (Å²) in [6.45, 7) is 2.50. The molecule has 0 radical (unpaired) electrons. The van der Waals surface area contributed by atoms with Crippen LogP contribution in [0, 0.1) is 14.9 Å². The van der Waals surface area contributed by atoms with Crippen LogP contribution in [0.5, 0.6) is 11.5 Å². The molecule has 43 heavy (non-hydrogen) atoms. The Morgan fingerprint density at radius 3 is 2.72 bits per heavy atom. The third-order valence-electron chi connectivity index (χ3n) is 6.62. The van der Waals surface area contributed by atoms with Gasteiger partial charge in [-0.25, -0.2) is 4.98 Å². The van der Waals surface area contributed by atoms with E-state index in [9.17, 15) is 10.1 Å². The summed E-state index contributed by atoms with van der Waals surface area (Å²) in [5, 5.41) is 15.8. The molecule has 0 aliphatic heterocycles. The molecule has 4 aromatic carbocycles. The number of fused-ring (bicyclic) bond motifs is 2. The van der Waals surface area contributed by atoms with Gasteiger partial charge in [-0.05, 0) is 89.7 Å². The smallest absolute Gasteiger partial charge is 0.282 e. The van der Waals surface area contributed by atoms with Gasteiger partial charge in [0.15, 0.2) is 17.3 Å². The summed E-state index contributed by atoms with van der Waals surface area (Å²) in [6, 6.07) is 27.3. The van der Waals surface area contributed by atoms with E-state index >= 15 is 0 Å². The lowest BCUT2D eigenvalue weighted by Crippen LogP contribution is -2.20. The van der Waals surface area contributed by atoms with E-state index in [1.165, 1.54) is 4.68 Å². The van der Waals surface area contributed by atoms with Crippen LogP contribution < -0.4 is 15.0 Å². The van der Waals surface area contributed by atoms with Crippen molar-refractivity contribution in [3.63, 3.8) is 0 Å². The molecule has 0 saturated heterocycles. The number of nitriles is 1. The van der Waals surface area contributed by atoms with Crippen LogP contribution in [0.4, 0.5) is 0 Å². The molecule has 6 rings (SSSR count). The summed E-state index contributed by atoms with van der Waals surface area (Å²) in [5.74, 6) is 1.70. The van der Waals surface area contributed by atoms with E-state index in [4.69, 9.17) is 30.5 Å². The first-order valence-electron chi connectivity index (χ1n) is 13.3. The lowest BCUT2D eigenvalue weighted by molar-refractivity contribution is 0.267. The van der Waals surface area contributed by atoms with Gasteiger partial charge in [0.05, 0.1) is 38.9 Å². The molecule has 2 aromatic heterocycles. The molecular formula is C33H22ClIN4O4. The van der Waals surface area contributed by atoms with Crippen LogP contribution in [-0.2, 0) is 6.61 Å². The van der Waals surface area contributed by atoms with Gasteiger partial charge in [-0.2, -0.15) is 15.0 Å². The Labute approximate surface area is 264 Å². The summed E-state index contributed by atoms with van der Waals surface area (Å²) < 4.78 is 20.1. The highest BCUT2D eigenvalue weighted by atomic mass is 127. The first-order valence-corrected chi connectivity index (χ1v) is 14.7. The molecule has 212 valence electrons. The molecule has 0 saturated carbocycles. The third kappa shape index (κ3) is 5.84. The van der Waals surface area contributed by atoms with E-state index in [1.807, 2.05) is 37.3 Å². The maximum Gasteiger partial charge on any atom is 0.282 e. The van der Waals surface area contributed by atoms with E-state index in [-0.39, 0.29) is 18.0 Å². The number of aromatic nitrogens is 2. The molecule has 2 heterocycles. The third-order valence-corrected chi connectivity index (χ3v) is 7.65. The SMILES string of the molecule is CCOc1cc(C=Nn2c(-c3cc4cc(Cl)ccc4o3)nc3ccccc3c2=O)cc(I)c1OCc1ccccc1C#N. The normalized spacial score (nSPS) is 11.3. The molecule has 0 N–H and O–H groups in total. The fraction of sp³-hybridized carbons (Fsp3) is 0.0909. The Morgan fingerprint density at radius 2 is 1.88 bits per heavy atom. The van der Waals surface area contributed by atoms with E-state index in [1.54, 1.807) is 60.8 Å². The number of halogens is 2. The first kappa shape index (κ1) is 28.5. The summed E-state index contributed by atoms with van der Waals surface area (Å²) in [7, 11) is 0. The quantitative estimate of drug-likeness (QED) is 0.119. The van der Waals surface area contributed by atoms with Crippen LogP contribution in [-0.4, -0.2) is 22.5 Å². The van der Waals surface area contributed by atoms with Gasteiger partial charge in [0.2, 0.25) is 5.82 Å². The van der Waals surface area contributed by atoms with Crippen LogP contribution in [0.15, 0.2) is 99.2 Å². The van der Waals surface area contributed by atoms with Gasteiger partial charge >= 0.3 is 0 Å². The molecule has 0 aliphatic carbocycles. The van der Waals surface area contributed by atoms with E-state index < -0.39 is 0 Å². The number of rotatable bonds is 8. The fourth-order valence-electron chi connectivity index (χ4n) is 4.61. The molecule has 0 spiro atoms. The number of nitrogens with zero attached hydrogens (tertiary/aromatic N) is 4. The zero-order chi connectivity index (χ0) is 29.9. The van der Waals surface area contributed by atoms with Crippen molar-refractivity contribution in [2.75, 3.05) is 6.61 Å². The predicted molar refractivity (Wildman–Crippen MR) is 175 cm³/mol. The standard InChI is InChI=1S/C33H22ClIN4O4/c1-2-41-29-14-20(13-26(35)31(29)42-19-22-8-4-3-7-21(22)17-36)18-37-39-32(38-27-10-6-5-9-25(27)33(39)40)30-16-23-15-24(34)11-12-28(23)43-30/h3-16,18H,2,19H2,1H3. The van der Waals surface area contributed by atoms with Crippen molar-refractivity contribution in [2.45, 2.75) is 13.5 Å². The fourth-order valence-corrected chi connectivity index (χ4v) is 5.57. The molecule has 0 fully saturated rings. The first-order chi connectivity index (χ1) is 20.9. The van der Waals surface area contributed by atoms with Gasteiger partial charge in [-0.3, -0.25) is 4.79 Å². The number of benzene rings is 4. The zero-order valence-electron chi connectivity index (χ0n) is 22.8. The second kappa shape index (κ2) is 12.3. The van der Waals surface area contributed by atoms with Gasteiger partial charge in [0, 0.05) is 16.0 Å². The summed E-state index contributed by atoms with van der Waals surface area (Å²) >= 11 is 8.35. The lowest BCUT2D eigenvalue weighted by Gasteiger charge is -2.15. The zero-order valence-corrected chi connectivity index (χ0v) is 25.7. The number of hydrogen-bond acceptors (Lipinski definition) is 7. The van der Waals surface area contributed by atoms with Gasteiger partial charge in [-0.15, -0.1) is 0 Å². The molecule has 0 atom stereocenters. The summed E-state index contributed by atoms with van der Waals surface area (Å²) in [6.07, 6.45) is 1.57. The van der Waals surface area contributed by atoms with Crippen LogP contribution in [0.1, 0.15) is 23.6 Å². The molecule has 0 amide bonds. The molecule has 10 heteroatoms. The van der Waals surface area contributed by atoms with Crippen molar-refractivity contribution in [1.29, 1.82) is 5.26 Å². The highest BCUT2D eigenvalue weighted by molar-refractivity contribution is 14.1. The van der Waals surface area contributed by atoms with Gasteiger partial charge in [-0.1, -0.05) is 41.9 Å². The van der Waals surface area contributed by atoms with E-state index in [0.29, 0.717) is 56.5 Å². The van der Waals surface area contributed by atoms with E-state index in [0.717, 1.165) is 14.5 Å². The van der Waals surface area contributed by atoms with Crippen molar-refractivity contribution in [2.24, 2.45) is 5.10 Å². The lowest BCUT2D eigenvalue weighted by atomic mass is 10.1. The maximum atomic E-state index is 13.7. The number of hydrogen-bond donors (Lipinski definition) is 0. The molecule has 0 aliphatic rings. The van der Waals surface area contributed by atoms with Crippen molar-refractivity contribution in [3.05, 3.63) is 121 Å². The van der Waals surface area contributed by atoms with Crippen LogP contribution in [0.3, 0.4) is 0 Å². The van der Waals surface area contributed by atoms with Gasteiger partial charge in [0.25, 0.3) is 5.56 Å². The molecule has 0 unspecified atom stereocenters. The second-order valence-corrected chi connectivity index (χ2v) is 11.0. The predicted octanol–water partition coefficient (Wildman–Crippen LogP) is 7.80. The summed E-state index contributed by atoms with van der Waals surface area (Å²) in [4.78, 5) is 18.4. The minimum Gasteiger partial charge on any atom is -0.490 e. The number of furan rings is 1. The topological polar surface area (TPSA) is 103 Å². The minimum absolute atomic E-state index is 0.206. The molecule has 0 bridgehead atoms. The van der Waals surface area contributed by atoms with Gasteiger partial charge < -0.3 is 13.9 Å². The minimum atomic E-state index is -0.342. The van der Waals surface area contributed by atoms with Crippen LogP contribution >= 0.6 is 34.2 Å². The van der Waals surface area contributed by atoms with Crippen LogP contribution in [0.25, 0.3) is 33.5 Å². The van der Waals surface area contributed by atoms with E-state index in [2.05, 4.69) is 33.8 Å². The highest BCUT2D eigenvalue weighted by Crippen LogP contribution is 2.35. The Morgan fingerprint density at radius 1 is 1.07 bits per heavy atom. The Hall–Kier alpha value is -4.66. The molecular weight excluding hydrogens is 679 g/mol. The average molecular weight is 701 g/mol. The average Bonchev–Trinajstić information content (AvgIpc) is 3.43.